The van der Waals surface area contributed by atoms with E-state index in [1.165, 1.54) is 20.2 Å². The van der Waals surface area contributed by atoms with Crippen molar-refractivity contribution in [3.8, 4) is 0 Å². The Balaban J connectivity index is 0.000000796. The summed E-state index contributed by atoms with van der Waals surface area (Å²) in [5.74, 6) is -0.214. The summed E-state index contributed by atoms with van der Waals surface area (Å²) in [6, 6.07) is 4.44. The molecular formula is C11H13Cl2N5O2. The minimum atomic E-state index is -0.499. The Bertz CT molecular complexity index is 509. The van der Waals surface area contributed by atoms with Crippen molar-refractivity contribution in [1.29, 1.82) is 5.41 Å². The Kier molecular flexibility index (Phi) is 8.78. The summed E-state index contributed by atoms with van der Waals surface area (Å²) in [5.41, 5.74) is 0.382. The van der Waals surface area contributed by atoms with Crippen LogP contribution in [0.25, 0.3) is 0 Å². The molecule has 0 aliphatic carbocycles. The van der Waals surface area contributed by atoms with Gasteiger partial charge in [-0.3, -0.25) is 10.7 Å². The number of hydrogen-bond acceptors (Lipinski definition) is 4. The van der Waals surface area contributed by atoms with Gasteiger partial charge in [0.1, 0.15) is 0 Å². The maximum Gasteiger partial charge on any atom is 0.321 e. The zero-order valence-electron chi connectivity index (χ0n) is 10.8. The number of nitrogens with zero attached hydrogens (tertiary/aromatic N) is 1. The summed E-state index contributed by atoms with van der Waals surface area (Å²) in [6.07, 6.45) is 1.31. The first-order valence-corrected chi connectivity index (χ1v) is 5.96. The number of anilines is 1. The number of halogens is 2. The lowest BCUT2D eigenvalue weighted by Crippen LogP contribution is -2.40. The molecule has 0 aliphatic heterocycles. The van der Waals surface area contributed by atoms with E-state index in [4.69, 9.17) is 33.4 Å². The lowest BCUT2D eigenvalue weighted by Gasteiger charge is -2.11. The third-order valence-electron chi connectivity index (χ3n) is 1.77. The van der Waals surface area contributed by atoms with E-state index in [-0.39, 0.29) is 5.96 Å². The smallest absolute Gasteiger partial charge is 0.321 e. The van der Waals surface area contributed by atoms with Crippen molar-refractivity contribution in [2.24, 2.45) is 4.99 Å². The highest BCUT2D eigenvalue weighted by Gasteiger charge is 2.08. The van der Waals surface area contributed by atoms with Crippen LogP contribution in [0.3, 0.4) is 0 Å². The van der Waals surface area contributed by atoms with E-state index in [1.54, 1.807) is 18.2 Å². The van der Waals surface area contributed by atoms with Crippen LogP contribution in [0.15, 0.2) is 23.2 Å². The Hall–Kier alpha value is -2.08. The highest BCUT2D eigenvalue weighted by Crippen LogP contribution is 2.29. The predicted molar refractivity (Wildman–Crippen MR) is 79.4 cm³/mol. The number of amides is 2. The maximum absolute atomic E-state index is 10.9. The highest BCUT2D eigenvalue weighted by molar-refractivity contribution is 6.39. The highest BCUT2D eigenvalue weighted by atomic mass is 35.5. The minimum Gasteiger partial charge on any atom is -0.341 e. The van der Waals surface area contributed by atoms with Gasteiger partial charge in [0.2, 0.25) is 12.0 Å². The normalized spacial score (nSPS) is 8.40. The first-order chi connectivity index (χ1) is 9.46. The van der Waals surface area contributed by atoms with Crippen LogP contribution in [0.4, 0.5) is 10.5 Å². The fourth-order valence-electron chi connectivity index (χ4n) is 0.950. The van der Waals surface area contributed by atoms with Crippen molar-refractivity contribution in [1.82, 2.24) is 10.6 Å². The van der Waals surface area contributed by atoms with Crippen molar-refractivity contribution in [3.63, 3.8) is 0 Å². The molecule has 0 heterocycles. The van der Waals surface area contributed by atoms with E-state index in [0.29, 0.717) is 15.7 Å². The number of aliphatic imine (C=N–C) groups is 1. The van der Waals surface area contributed by atoms with Crippen molar-refractivity contribution in [2.45, 2.75) is 0 Å². The Labute approximate surface area is 125 Å². The Morgan fingerprint density at radius 1 is 1.35 bits per heavy atom. The third-order valence-corrected chi connectivity index (χ3v) is 2.40. The third kappa shape index (κ3) is 6.75. The van der Waals surface area contributed by atoms with Gasteiger partial charge in [0.05, 0.1) is 15.7 Å². The molecule has 1 aromatic rings. The van der Waals surface area contributed by atoms with E-state index < -0.39 is 6.03 Å². The summed E-state index contributed by atoms with van der Waals surface area (Å²) in [7, 11) is 2.83. The van der Waals surface area contributed by atoms with Gasteiger partial charge < -0.3 is 10.6 Å². The molecule has 0 saturated heterocycles. The molecule has 0 aromatic heterocycles. The summed E-state index contributed by atoms with van der Waals surface area (Å²) < 4.78 is 0. The molecule has 20 heavy (non-hydrogen) atoms. The van der Waals surface area contributed by atoms with Gasteiger partial charge in [-0.15, -0.1) is 0 Å². The molecule has 0 atom stereocenters. The molecule has 2 amide bonds. The standard InChI is InChI=1S/C9H10Cl2N4O.C2H3NO/c1-13-9(16)15-8(12)14-7-5(10)3-2-4-6(7)11;1-3-2-4/h2-4H,1H3,(H4,12,13,14,15,16);1H3. The number of para-hydroxylation sites is 1. The number of benzene rings is 1. The molecule has 0 aliphatic rings. The number of carbonyl (C=O) groups excluding carboxylic acids is 2. The van der Waals surface area contributed by atoms with Crippen LogP contribution in [-0.4, -0.2) is 32.2 Å². The van der Waals surface area contributed by atoms with Gasteiger partial charge in [-0.1, -0.05) is 29.3 Å². The largest absolute Gasteiger partial charge is 0.341 e. The van der Waals surface area contributed by atoms with E-state index in [1.807, 2.05) is 0 Å². The van der Waals surface area contributed by atoms with Crippen molar-refractivity contribution < 1.29 is 9.59 Å². The van der Waals surface area contributed by atoms with Gasteiger partial charge in [-0.25, -0.2) is 14.6 Å². The summed E-state index contributed by atoms with van der Waals surface area (Å²) in [6.45, 7) is 0. The van der Waals surface area contributed by atoms with Crippen LogP contribution in [0.5, 0.6) is 0 Å². The lowest BCUT2D eigenvalue weighted by atomic mass is 10.3. The molecule has 9 heteroatoms. The Morgan fingerprint density at radius 3 is 2.25 bits per heavy atom. The molecule has 7 nitrogen and oxygen atoms in total. The summed E-state index contributed by atoms with van der Waals surface area (Å²) in [4.78, 5) is 22.7. The zero-order chi connectivity index (χ0) is 15.5. The van der Waals surface area contributed by atoms with Crippen LogP contribution < -0.4 is 16.0 Å². The van der Waals surface area contributed by atoms with E-state index in [2.05, 4.69) is 20.9 Å². The number of urea groups is 1. The second kappa shape index (κ2) is 9.80. The molecule has 0 bridgehead atoms. The van der Waals surface area contributed by atoms with Crippen LogP contribution in [0, 0.1) is 5.41 Å². The predicted octanol–water partition coefficient (Wildman–Crippen LogP) is 2.22. The molecular weight excluding hydrogens is 305 g/mol. The van der Waals surface area contributed by atoms with Gasteiger partial charge in [-0.2, -0.15) is 0 Å². The van der Waals surface area contributed by atoms with Crippen LogP contribution in [0.1, 0.15) is 0 Å². The Morgan fingerprint density at radius 2 is 1.85 bits per heavy atom. The quantitative estimate of drug-likeness (QED) is 0.362. The number of rotatable bonds is 1. The molecule has 4 N–H and O–H groups in total. The number of hydrogen-bond donors (Lipinski definition) is 4. The first-order valence-electron chi connectivity index (χ1n) is 5.20. The molecule has 0 unspecified atom stereocenters. The fourth-order valence-corrected chi connectivity index (χ4v) is 1.44. The van der Waals surface area contributed by atoms with Gasteiger partial charge in [0.15, 0.2) is 0 Å². The number of isocyanates is 1. The van der Waals surface area contributed by atoms with Crippen molar-refractivity contribution in [3.05, 3.63) is 28.2 Å². The van der Waals surface area contributed by atoms with E-state index in [9.17, 15) is 4.79 Å². The number of guanidine groups is 1. The van der Waals surface area contributed by atoms with Gasteiger partial charge in [0.25, 0.3) is 0 Å². The second-order valence-corrected chi connectivity index (χ2v) is 3.93. The molecule has 1 rings (SSSR count). The molecule has 0 saturated carbocycles. The van der Waals surface area contributed by atoms with E-state index >= 15 is 0 Å². The SMILES string of the molecule is CN=C=O.CNC(=O)NC(=N)Nc1c(Cl)cccc1Cl. The summed E-state index contributed by atoms with van der Waals surface area (Å²) in [5, 5.41) is 15.3. The number of carbonyl (C=O) groups is 1. The van der Waals surface area contributed by atoms with Crippen LogP contribution in [0.2, 0.25) is 10.0 Å². The van der Waals surface area contributed by atoms with Gasteiger partial charge in [-0.05, 0) is 12.1 Å². The zero-order valence-corrected chi connectivity index (χ0v) is 12.3. The van der Waals surface area contributed by atoms with Crippen LogP contribution >= 0.6 is 23.2 Å². The second-order valence-electron chi connectivity index (χ2n) is 3.12. The lowest BCUT2D eigenvalue weighted by molar-refractivity contribution is 0.247. The van der Waals surface area contributed by atoms with Gasteiger partial charge in [0, 0.05) is 14.1 Å². The molecule has 0 fully saturated rings. The van der Waals surface area contributed by atoms with E-state index in [0.717, 1.165) is 0 Å². The average molecular weight is 318 g/mol. The molecule has 108 valence electrons. The van der Waals surface area contributed by atoms with Crippen LogP contribution in [-0.2, 0) is 4.79 Å². The number of nitrogens with one attached hydrogen (secondary N) is 4. The van der Waals surface area contributed by atoms with Crippen molar-refractivity contribution >= 4 is 47.0 Å². The minimum absolute atomic E-state index is 0.214. The average Bonchev–Trinajstić information content (AvgIpc) is 2.43. The first kappa shape index (κ1) is 17.9. The molecule has 0 radical (unpaired) electrons. The fraction of sp³-hybridized carbons (Fsp3) is 0.182. The topological polar surface area (TPSA) is 106 Å². The van der Waals surface area contributed by atoms with Crippen molar-refractivity contribution in [2.75, 3.05) is 19.4 Å². The monoisotopic (exact) mass is 317 g/mol. The molecule has 0 spiro atoms. The molecule has 1 aromatic carbocycles. The van der Waals surface area contributed by atoms with Gasteiger partial charge >= 0.3 is 6.03 Å². The maximum atomic E-state index is 10.9. The summed E-state index contributed by atoms with van der Waals surface area (Å²) >= 11 is 11.7.